The van der Waals surface area contributed by atoms with Crippen LogP contribution >= 0.6 is 22.9 Å². The molecule has 2 fully saturated rings. The van der Waals surface area contributed by atoms with E-state index in [4.69, 9.17) is 21.3 Å². The van der Waals surface area contributed by atoms with Crippen LogP contribution in [0.5, 0.6) is 0 Å². The molecule has 4 rings (SSSR count). The highest BCUT2D eigenvalue weighted by Crippen LogP contribution is 2.37. The summed E-state index contributed by atoms with van der Waals surface area (Å²) in [6.45, 7) is 1.77. The second-order valence-corrected chi connectivity index (χ2v) is 7.16. The van der Waals surface area contributed by atoms with E-state index in [1.54, 1.807) is 30.5 Å². The SMILES string of the molecule is CNc1c(-c2csc(N3CC4CCC(C3)O4)n2)ccc(Cl)c1F. The van der Waals surface area contributed by atoms with Crippen molar-refractivity contribution in [3.05, 3.63) is 28.4 Å². The number of fused-ring (bicyclic) bond motifs is 2. The minimum Gasteiger partial charge on any atom is -0.385 e. The predicted octanol–water partition coefficient (Wildman–Crippen LogP) is 4.01. The predicted molar refractivity (Wildman–Crippen MR) is 92.2 cm³/mol. The van der Waals surface area contributed by atoms with Crippen LogP contribution in [0.25, 0.3) is 11.3 Å². The molecule has 0 amide bonds. The van der Waals surface area contributed by atoms with E-state index in [1.165, 1.54) is 0 Å². The van der Waals surface area contributed by atoms with Gasteiger partial charge in [-0.15, -0.1) is 11.3 Å². The second kappa shape index (κ2) is 5.92. The summed E-state index contributed by atoms with van der Waals surface area (Å²) in [5.74, 6) is -0.439. The summed E-state index contributed by atoms with van der Waals surface area (Å²) in [5.41, 5.74) is 1.88. The van der Waals surface area contributed by atoms with Crippen LogP contribution < -0.4 is 10.2 Å². The van der Waals surface area contributed by atoms with Gasteiger partial charge in [-0.1, -0.05) is 11.6 Å². The Morgan fingerprint density at radius 3 is 2.78 bits per heavy atom. The molecule has 3 heterocycles. The number of ether oxygens (including phenoxy) is 1. The molecule has 2 unspecified atom stereocenters. The number of halogens is 2. The molecule has 0 saturated carbocycles. The van der Waals surface area contributed by atoms with Crippen molar-refractivity contribution in [2.24, 2.45) is 0 Å². The second-order valence-electron chi connectivity index (χ2n) is 5.91. The molecule has 2 bridgehead atoms. The quantitative estimate of drug-likeness (QED) is 0.904. The summed E-state index contributed by atoms with van der Waals surface area (Å²) in [5, 5.41) is 5.94. The lowest BCUT2D eigenvalue weighted by atomic mass is 10.1. The van der Waals surface area contributed by atoms with E-state index >= 15 is 0 Å². The third-order valence-corrected chi connectivity index (χ3v) is 5.62. The number of nitrogens with one attached hydrogen (secondary N) is 1. The van der Waals surface area contributed by atoms with Gasteiger partial charge in [-0.05, 0) is 25.0 Å². The molecule has 7 heteroatoms. The van der Waals surface area contributed by atoms with Crippen LogP contribution in [0.2, 0.25) is 5.02 Å². The minimum absolute atomic E-state index is 0.110. The van der Waals surface area contributed by atoms with E-state index in [-0.39, 0.29) is 5.02 Å². The fourth-order valence-electron chi connectivity index (χ4n) is 3.31. The van der Waals surface area contributed by atoms with Crippen molar-refractivity contribution in [1.82, 2.24) is 4.98 Å². The molecular formula is C16H17ClFN3OS. The molecule has 2 saturated heterocycles. The normalized spacial score (nSPS) is 23.3. The van der Waals surface area contributed by atoms with Crippen LogP contribution in [0.1, 0.15) is 12.8 Å². The zero-order valence-corrected chi connectivity index (χ0v) is 14.3. The standard InChI is InChI=1S/C16H17ClFN3OS/c1-19-15-11(4-5-12(17)14(15)18)13-8-23-16(20-13)21-6-9-2-3-10(7-21)22-9/h4-5,8-10,19H,2-3,6-7H2,1H3. The van der Waals surface area contributed by atoms with Gasteiger partial charge in [-0.25, -0.2) is 9.37 Å². The van der Waals surface area contributed by atoms with Crippen molar-refractivity contribution < 1.29 is 9.13 Å². The van der Waals surface area contributed by atoms with Gasteiger partial charge in [-0.2, -0.15) is 0 Å². The summed E-state index contributed by atoms with van der Waals surface area (Å²) in [6, 6.07) is 3.38. The maximum absolute atomic E-state index is 14.2. The number of anilines is 2. The van der Waals surface area contributed by atoms with Gasteiger partial charge in [0.15, 0.2) is 10.9 Å². The fourth-order valence-corrected chi connectivity index (χ4v) is 4.32. The topological polar surface area (TPSA) is 37.4 Å². The molecule has 0 aliphatic carbocycles. The number of rotatable bonds is 3. The van der Waals surface area contributed by atoms with Crippen LogP contribution in [-0.4, -0.2) is 37.3 Å². The first kappa shape index (κ1) is 15.2. The Labute approximate surface area is 143 Å². The van der Waals surface area contributed by atoms with Gasteiger partial charge in [0, 0.05) is 31.1 Å². The Bertz CT molecular complexity index is 726. The van der Waals surface area contributed by atoms with E-state index in [9.17, 15) is 4.39 Å². The molecular weight excluding hydrogens is 337 g/mol. The number of thiazole rings is 1. The maximum atomic E-state index is 14.2. The van der Waals surface area contributed by atoms with Gasteiger partial charge in [0.25, 0.3) is 0 Å². The first-order chi connectivity index (χ1) is 11.2. The maximum Gasteiger partial charge on any atom is 0.186 e. The van der Waals surface area contributed by atoms with Crippen molar-refractivity contribution in [2.45, 2.75) is 25.0 Å². The average molecular weight is 354 g/mol. The highest BCUT2D eigenvalue weighted by Gasteiger charge is 2.34. The highest BCUT2D eigenvalue weighted by atomic mass is 35.5. The zero-order valence-electron chi connectivity index (χ0n) is 12.7. The summed E-state index contributed by atoms with van der Waals surface area (Å²) in [6.07, 6.45) is 2.90. The summed E-state index contributed by atoms with van der Waals surface area (Å²) >= 11 is 7.45. The first-order valence-corrected chi connectivity index (χ1v) is 8.93. The monoisotopic (exact) mass is 353 g/mol. The number of benzene rings is 1. The Balaban J connectivity index is 1.65. The number of aromatic nitrogens is 1. The lowest BCUT2D eigenvalue weighted by molar-refractivity contribution is 0.0305. The van der Waals surface area contributed by atoms with Crippen molar-refractivity contribution in [1.29, 1.82) is 0 Å². The van der Waals surface area contributed by atoms with Crippen molar-refractivity contribution >= 4 is 33.8 Å². The third kappa shape index (κ3) is 2.69. The van der Waals surface area contributed by atoms with E-state index in [2.05, 4.69) is 10.2 Å². The van der Waals surface area contributed by atoms with Gasteiger partial charge < -0.3 is 15.0 Å². The van der Waals surface area contributed by atoms with E-state index in [1.807, 2.05) is 5.38 Å². The van der Waals surface area contributed by atoms with Crippen LogP contribution in [-0.2, 0) is 4.74 Å². The van der Waals surface area contributed by atoms with Gasteiger partial charge in [0.2, 0.25) is 0 Å². The Morgan fingerprint density at radius 1 is 1.35 bits per heavy atom. The lowest BCUT2D eigenvalue weighted by Crippen LogP contribution is -2.42. The molecule has 4 nitrogen and oxygen atoms in total. The van der Waals surface area contributed by atoms with Gasteiger partial charge >= 0.3 is 0 Å². The van der Waals surface area contributed by atoms with Crippen LogP contribution in [0, 0.1) is 5.82 Å². The molecule has 2 aliphatic rings. The zero-order chi connectivity index (χ0) is 16.0. The third-order valence-electron chi connectivity index (χ3n) is 4.43. The summed E-state index contributed by atoms with van der Waals surface area (Å²) in [4.78, 5) is 7.00. The molecule has 0 spiro atoms. The highest BCUT2D eigenvalue weighted by molar-refractivity contribution is 7.14. The fraction of sp³-hybridized carbons (Fsp3) is 0.438. The first-order valence-electron chi connectivity index (χ1n) is 7.67. The number of nitrogens with zero attached hydrogens (tertiary/aromatic N) is 2. The largest absolute Gasteiger partial charge is 0.385 e. The number of morpholine rings is 1. The van der Waals surface area contributed by atoms with E-state index in [0.29, 0.717) is 17.9 Å². The van der Waals surface area contributed by atoms with E-state index in [0.717, 1.165) is 42.3 Å². The molecule has 0 radical (unpaired) electrons. The number of hydrogen-bond acceptors (Lipinski definition) is 5. The average Bonchev–Trinajstić information content (AvgIpc) is 3.16. The molecule has 1 N–H and O–H groups in total. The molecule has 2 aromatic rings. The van der Waals surface area contributed by atoms with Gasteiger partial charge in [0.1, 0.15) is 0 Å². The van der Waals surface area contributed by atoms with Crippen molar-refractivity contribution in [2.75, 3.05) is 30.4 Å². The molecule has 1 aromatic heterocycles. The smallest absolute Gasteiger partial charge is 0.186 e. The summed E-state index contributed by atoms with van der Waals surface area (Å²) < 4.78 is 20.0. The molecule has 2 atom stereocenters. The number of hydrogen-bond donors (Lipinski definition) is 1. The van der Waals surface area contributed by atoms with Crippen LogP contribution in [0.4, 0.5) is 15.2 Å². The molecule has 23 heavy (non-hydrogen) atoms. The Kier molecular flexibility index (Phi) is 3.91. The van der Waals surface area contributed by atoms with Crippen LogP contribution in [0.15, 0.2) is 17.5 Å². The summed E-state index contributed by atoms with van der Waals surface area (Å²) in [7, 11) is 1.69. The Morgan fingerprint density at radius 2 is 2.09 bits per heavy atom. The lowest BCUT2D eigenvalue weighted by Gasteiger charge is -2.31. The minimum atomic E-state index is -0.439. The van der Waals surface area contributed by atoms with Crippen molar-refractivity contribution in [3.8, 4) is 11.3 Å². The molecule has 2 aliphatic heterocycles. The molecule has 122 valence electrons. The van der Waals surface area contributed by atoms with Gasteiger partial charge in [-0.3, -0.25) is 0 Å². The van der Waals surface area contributed by atoms with Gasteiger partial charge in [0.05, 0.1) is 28.6 Å². The van der Waals surface area contributed by atoms with Crippen LogP contribution in [0.3, 0.4) is 0 Å². The molecule has 1 aromatic carbocycles. The van der Waals surface area contributed by atoms with Crippen molar-refractivity contribution in [3.63, 3.8) is 0 Å². The Hall–Kier alpha value is -1.37. The van der Waals surface area contributed by atoms with E-state index < -0.39 is 5.82 Å².